The Labute approximate surface area is 142 Å². The number of aromatic nitrogens is 3. The van der Waals surface area contributed by atoms with Gasteiger partial charge in [-0.3, -0.25) is 9.98 Å². The van der Waals surface area contributed by atoms with Gasteiger partial charge in [0.15, 0.2) is 5.96 Å². The van der Waals surface area contributed by atoms with E-state index in [1.807, 2.05) is 31.2 Å². The second-order valence-corrected chi connectivity index (χ2v) is 5.78. The number of pyridine rings is 1. The Morgan fingerprint density at radius 1 is 1.12 bits per heavy atom. The fraction of sp³-hybridized carbons (Fsp3) is 0.412. The maximum Gasteiger partial charge on any atom is 0.225 e. The van der Waals surface area contributed by atoms with Crippen molar-refractivity contribution in [3.8, 4) is 0 Å². The van der Waals surface area contributed by atoms with E-state index < -0.39 is 0 Å². The van der Waals surface area contributed by atoms with Gasteiger partial charge in [0.25, 0.3) is 0 Å². The second kappa shape index (κ2) is 7.72. The van der Waals surface area contributed by atoms with Crippen LogP contribution in [0.25, 0.3) is 0 Å². The first-order valence-corrected chi connectivity index (χ1v) is 8.22. The smallest absolute Gasteiger partial charge is 0.225 e. The topological polar surface area (TPSA) is 83.5 Å². The number of aliphatic imine (C=N–C) groups is 1. The lowest BCUT2D eigenvalue weighted by Gasteiger charge is -2.35. The van der Waals surface area contributed by atoms with Crippen molar-refractivity contribution < 1.29 is 0 Å². The summed E-state index contributed by atoms with van der Waals surface area (Å²) in [6.07, 6.45) is 4.34. The number of aryl methyl sites for hydroxylation is 1. The van der Waals surface area contributed by atoms with E-state index in [1.165, 1.54) is 0 Å². The van der Waals surface area contributed by atoms with Crippen LogP contribution in [0.4, 0.5) is 5.95 Å². The van der Waals surface area contributed by atoms with Crippen LogP contribution in [0.1, 0.15) is 11.4 Å². The molecular weight excluding hydrogens is 302 g/mol. The molecule has 2 aromatic heterocycles. The monoisotopic (exact) mass is 325 g/mol. The molecule has 0 unspecified atom stereocenters. The molecule has 3 rings (SSSR count). The first-order valence-electron chi connectivity index (χ1n) is 8.22. The molecule has 1 fully saturated rings. The average Bonchev–Trinajstić information content (AvgIpc) is 2.63. The van der Waals surface area contributed by atoms with Gasteiger partial charge in [-0.05, 0) is 25.1 Å². The third-order valence-electron chi connectivity index (χ3n) is 4.03. The second-order valence-electron chi connectivity index (χ2n) is 5.78. The Morgan fingerprint density at radius 3 is 2.58 bits per heavy atom. The summed E-state index contributed by atoms with van der Waals surface area (Å²) >= 11 is 0. The minimum absolute atomic E-state index is 0.608. The summed E-state index contributed by atoms with van der Waals surface area (Å²) in [5.41, 5.74) is 8.22. The number of piperazine rings is 1. The zero-order chi connectivity index (χ0) is 16.8. The molecule has 3 heterocycles. The molecule has 0 saturated carbocycles. The van der Waals surface area contributed by atoms with E-state index in [0.29, 0.717) is 12.5 Å². The van der Waals surface area contributed by atoms with Crippen molar-refractivity contribution in [1.29, 1.82) is 0 Å². The standard InChI is InChI=1S/C17H23N7/c1-14-4-2-5-15(22-14)6-9-19-16(18)23-10-12-24(13-11-23)17-20-7-3-8-21-17/h2-5,7-8H,6,9-13H2,1H3,(H2,18,19). The molecule has 1 saturated heterocycles. The van der Waals surface area contributed by atoms with Gasteiger partial charge >= 0.3 is 0 Å². The molecule has 7 heteroatoms. The summed E-state index contributed by atoms with van der Waals surface area (Å²) in [5, 5.41) is 0. The summed E-state index contributed by atoms with van der Waals surface area (Å²) in [6, 6.07) is 7.87. The molecule has 0 spiro atoms. The summed E-state index contributed by atoms with van der Waals surface area (Å²) < 4.78 is 0. The van der Waals surface area contributed by atoms with Crippen molar-refractivity contribution in [2.45, 2.75) is 13.3 Å². The Balaban J connectivity index is 1.48. The summed E-state index contributed by atoms with van der Waals surface area (Å²) in [5.74, 6) is 1.38. The zero-order valence-electron chi connectivity index (χ0n) is 14.0. The Kier molecular flexibility index (Phi) is 5.20. The first-order chi connectivity index (χ1) is 11.7. The largest absolute Gasteiger partial charge is 0.370 e. The molecule has 2 N–H and O–H groups in total. The molecule has 126 valence electrons. The van der Waals surface area contributed by atoms with Gasteiger partial charge in [0.2, 0.25) is 5.95 Å². The van der Waals surface area contributed by atoms with Crippen LogP contribution in [0.2, 0.25) is 0 Å². The van der Waals surface area contributed by atoms with Crippen LogP contribution in [0, 0.1) is 6.92 Å². The van der Waals surface area contributed by atoms with E-state index in [1.54, 1.807) is 12.4 Å². The molecule has 0 aliphatic carbocycles. The fourth-order valence-corrected chi connectivity index (χ4v) is 2.71. The lowest BCUT2D eigenvalue weighted by Crippen LogP contribution is -2.51. The van der Waals surface area contributed by atoms with Gasteiger partial charge in [0.1, 0.15) is 0 Å². The molecule has 0 aromatic carbocycles. The Bertz CT molecular complexity index is 678. The molecule has 1 aliphatic rings. The van der Waals surface area contributed by atoms with E-state index in [9.17, 15) is 0 Å². The van der Waals surface area contributed by atoms with Crippen molar-refractivity contribution >= 4 is 11.9 Å². The van der Waals surface area contributed by atoms with Gasteiger partial charge in [0.05, 0.1) is 0 Å². The van der Waals surface area contributed by atoms with Crippen LogP contribution >= 0.6 is 0 Å². The van der Waals surface area contributed by atoms with E-state index in [2.05, 4.69) is 29.7 Å². The summed E-state index contributed by atoms with van der Waals surface area (Å²) in [4.78, 5) is 21.8. The third kappa shape index (κ3) is 4.18. The Hall–Kier alpha value is -2.70. The maximum atomic E-state index is 6.13. The van der Waals surface area contributed by atoms with E-state index in [-0.39, 0.29) is 0 Å². The van der Waals surface area contributed by atoms with Crippen LogP contribution in [0.15, 0.2) is 41.7 Å². The van der Waals surface area contributed by atoms with Gasteiger partial charge in [-0.2, -0.15) is 0 Å². The number of hydrogen-bond acceptors (Lipinski definition) is 5. The van der Waals surface area contributed by atoms with Crippen molar-refractivity contribution in [1.82, 2.24) is 19.9 Å². The van der Waals surface area contributed by atoms with Crippen LogP contribution in [-0.2, 0) is 6.42 Å². The lowest BCUT2D eigenvalue weighted by molar-refractivity contribution is 0.378. The molecule has 0 amide bonds. The molecular formula is C17H23N7. The van der Waals surface area contributed by atoms with Crippen LogP contribution in [-0.4, -0.2) is 58.5 Å². The molecule has 7 nitrogen and oxygen atoms in total. The minimum atomic E-state index is 0.608. The minimum Gasteiger partial charge on any atom is -0.370 e. The number of hydrogen-bond donors (Lipinski definition) is 1. The maximum absolute atomic E-state index is 6.13. The van der Waals surface area contributed by atoms with E-state index in [0.717, 1.165) is 49.9 Å². The molecule has 1 aliphatic heterocycles. The van der Waals surface area contributed by atoms with Gasteiger partial charge < -0.3 is 15.5 Å². The summed E-state index contributed by atoms with van der Waals surface area (Å²) in [6.45, 7) is 6.01. The first kappa shape index (κ1) is 16.2. The predicted molar refractivity (Wildman–Crippen MR) is 95.0 cm³/mol. The molecule has 0 bridgehead atoms. The normalized spacial score (nSPS) is 15.6. The van der Waals surface area contributed by atoms with E-state index >= 15 is 0 Å². The average molecular weight is 325 g/mol. The Morgan fingerprint density at radius 2 is 1.88 bits per heavy atom. The van der Waals surface area contributed by atoms with Gasteiger partial charge in [-0.1, -0.05) is 6.07 Å². The number of guanidine groups is 1. The molecule has 24 heavy (non-hydrogen) atoms. The van der Waals surface area contributed by atoms with Crippen molar-refractivity contribution in [3.63, 3.8) is 0 Å². The van der Waals surface area contributed by atoms with Gasteiger partial charge in [-0.15, -0.1) is 0 Å². The van der Waals surface area contributed by atoms with Crippen LogP contribution < -0.4 is 10.6 Å². The van der Waals surface area contributed by atoms with Gasteiger partial charge in [0, 0.05) is 62.9 Å². The van der Waals surface area contributed by atoms with Crippen molar-refractivity contribution in [2.75, 3.05) is 37.6 Å². The fourth-order valence-electron chi connectivity index (χ4n) is 2.71. The number of anilines is 1. The number of nitrogens with two attached hydrogens (primary N) is 1. The van der Waals surface area contributed by atoms with Crippen molar-refractivity contribution in [3.05, 3.63) is 48.0 Å². The highest BCUT2D eigenvalue weighted by atomic mass is 15.3. The highest BCUT2D eigenvalue weighted by Crippen LogP contribution is 2.09. The van der Waals surface area contributed by atoms with Crippen LogP contribution in [0.3, 0.4) is 0 Å². The lowest BCUT2D eigenvalue weighted by atomic mass is 10.2. The predicted octanol–water partition coefficient (Wildman–Crippen LogP) is 0.859. The van der Waals surface area contributed by atoms with Crippen LogP contribution in [0.5, 0.6) is 0 Å². The van der Waals surface area contributed by atoms with Crippen molar-refractivity contribution in [2.24, 2.45) is 10.7 Å². The number of nitrogens with zero attached hydrogens (tertiary/aromatic N) is 6. The third-order valence-corrected chi connectivity index (χ3v) is 4.03. The highest BCUT2D eigenvalue weighted by Gasteiger charge is 2.19. The molecule has 2 aromatic rings. The van der Waals surface area contributed by atoms with E-state index in [4.69, 9.17) is 5.73 Å². The van der Waals surface area contributed by atoms with Gasteiger partial charge in [-0.25, -0.2) is 9.97 Å². The molecule has 0 radical (unpaired) electrons. The number of rotatable bonds is 4. The quantitative estimate of drug-likeness (QED) is 0.663. The zero-order valence-corrected chi connectivity index (χ0v) is 14.0. The SMILES string of the molecule is Cc1cccc(CCN=C(N)N2CCN(c3ncccn3)CC2)n1. The molecule has 0 atom stereocenters. The highest BCUT2D eigenvalue weighted by molar-refractivity contribution is 5.78. The summed E-state index contributed by atoms with van der Waals surface area (Å²) in [7, 11) is 0.